The molecule has 0 saturated carbocycles. The molecule has 0 radical (unpaired) electrons. The van der Waals surface area contributed by atoms with Crippen molar-refractivity contribution in [2.24, 2.45) is 0 Å². The van der Waals surface area contributed by atoms with Gasteiger partial charge in [-0.15, -0.1) is 0 Å². The lowest BCUT2D eigenvalue weighted by Crippen LogP contribution is -2.49. The van der Waals surface area contributed by atoms with Gasteiger partial charge in [-0.25, -0.2) is 4.79 Å². The number of halogens is 2. The van der Waals surface area contributed by atoms with Crippen LogP contribution in [-0.4, -0.2) is 50.1 Å². The number of likely N-dealkylation sites (N-methyl/N-ethyl adjacent to an activating group) is 1. The topological polar surface area (TPSA) is 59.1 Å². The van der Waals surface area contributed by atoms with Crippen molar-refractivity contribution in [3.63, 3.8) is 0 Å². The Morgan fingerprint density at radius 3 is 2.71 bits per heavy atom. The van der Waals surface area contributed by atoms with Gasteiger partial charge in [0.25, 0.3) is 0 Å². The van der Waals surface area contributed by atoms with Crippen LogP contribution in [0.5, 0.6) is 5.75 Å². The fourth-order valence-electron chi connectivity index (χ4n) is 3.04. The molecule has 0 bridgehead atoms. The second-order valence-corrected chi connectivity index (χ2v) is 7.35. The van der Waals surface area contributed by atoms with Gasteiger partial charge in [0.2, 0.25) is 12.0 Å². The Bertz CT molecular complexity index is 890. The number of anilines is 1. The van der Waals surface area contributed by atoms with Crippen LogP contribution in [0.15, 0.2) is 42.5 Å². The van der Waals surface area contributed by atoms with Gasteiger partial charge in [-0.3, -0.25) is 9.69 Å². The van der Waals surface area contributed by atoms with Gasteiger partial charge < -0.3 is 14.4 Å². The van der Waals surface area contributed by atoms with Crippen LogP contribution in [0.3, 0.4) is 0 Å². The number of methoxy groups -OCH3 is 1. The van der Waals surface area contributed by atoms with Crippen molar-refractivity contribution in [1.82, 2.24) is 4.90 Å². The zero-order valence-corrected chi connectivity index (χ0v) is 17.0. The van der Waals surface area contributed by atoms with E-state index in [1.807, 2.05) is 24.1 Å². The van der Waals surface area contributed by atoms with Gasteiger partial charge >= 0.3 is 5.97 Å². The van der Waals surface area contributed by atoms with Crippen molar-refractivity contribution >= 4 is 40.8 Å². The second-order valence-electron chi connectivity index (χ2n) is 6.51. The normalized spacial score (nSPS) is 15.8. The molecular formula is C20H20Cl2N2O4. The number of para-hydroxylation sites is 2. The first-order chi connectivity index (χ1) is 13.4. The molecule has 2 aromatic rings. The number of nitrogens with zero attached hydrogens (tertiary/aromatic N) is 2. The van der Waals surface area contributed by atoms with E-state index < -0.39 is 12.1 Å². The van der Waals surface area contributed by atoms with Crippen molar-refractivity contribution in [1.29, 1.82) is 0 Å². The average molecular weight is 423 g/mol. The summed E-state index contributed by atoms with van der Waals surface area (Å²) in [5, 5.41) is 1.11. The molecule has 2 aromatic carbocycles. The number of amides is 1. The SMILES string of the molecule is COC(=O)C1CN(C(=O)CN(C)Cc2ccc(Cl)cc2Cl)c2ccccc2O1. The summed E-state index contributed by atoms with van der Waals surface area (Å²) in [4.78, 5) is 28.3. The molecule has 1 atom stereocenters. The summed E-state index contributed by atoms with van der Waals surface area (Å²) in [5.41, 5.74) is 1.50. The van der Waals surface area contributed by atoms with Crippen LogP contribution in [0, 0.1) is 0 Å². The highest BCUT2D eigenvalue weighted by Crippen LogP contribution is 2.33. The van der Waals surface area contributed by atoms with Gasteiger partial charge in [0.05, 0.1) is 25.9 Å². The maximum Gasteiger partial charge on any atom is 0.348 e. The lowest BCUT2D eigenvalue weighted by atomic mass is 10.1. The number of ether oxygens (including phenoxy) is 2. The summed E-state index contributed by atoms with van der Waals surface area (Å²) < 4.78 is 10.5. The van der Waals surface area contributed by atoms with Gasteiger partial charge in [-0.1, -0.05) is 41.4 Å². The zero-order chi connectivity index (χ0) is 20.3. The molecule has 0 fully saturated rings. The predicted molar refractivity (Wildman–Crippen MR) is 108 cm³/mol. The third-order valence-corrected chi connectivity index (χ3v) is 4.99. The smallest absolute Gasteiger partial charge is 0.348 e. The molecule has 28 heavy (non-hydrogen) atoms. The molecule has 1 aliphatic heterocycles. The summed E-state index contributed by atoms with van der Waals surface area (Å²) in [6.07, 6.45) is -0.861. The van der Waals surface area contributed by atoms with Crippen LogP contribution in [0.25, 0.3) is 0 Å². The maximum atomic E-state index is 13.0. The van der Waals surface area contributed by atoms with Crippen LogP contribution < -0.4 is 9.64 Å². The van der Waals surface area contributed by atoms with Crippen LogP contribution >= 0.6 is 23.2 Å². The molecule has 148 valence electrons. The Balaban J connectivity index is 1.74. The van der Waals surface area contributed by atoms with Gasteiger partial charge in [0.1, 0.15) is 5.75 Å². The van der Waals surface area contributed by atoms with Crippen LogP contribution in [0.1, 0.15) is 5.56 Å². The molecule has 3 rings (SSSR count). The molecule has 0 spiro atoms. The summed E-state index contributed by atoms with van der Waals surface area (Å²) in [6, 6.07) is 12.4. The van der Waals surface area contributed by atoms with E-state index in [1.54, 1.807) is 35.2 Å². The molecule has 0 aliphatic carbocycles. The minimum absolute atomic E-state index is 0.0953. The molecule has 1 heterocycles. The quantitative estimate of drug-likeness (QED) is 0.691. The molecule has 1 unspecified atom stereocenters. The molecular weight excluding hydrogens is 403 g/mol. The molecule has 1 aliphatic rings. The van der Waals surface area contributed by atoms with Crippen LogP contribution in [0.2, 0.25) is 10.0 Å². The van der Waals surface area contributed by atoms with Gasteiger partial charge in [0, 0.05) is 16.6 Å². The molecule has 8 heteroatoms. The molecule has 0 N–H and O–H groups in total. The maximum absolute atomic E-state index is 13.0. The molecule has 0 saturated heterocycles. The van der Waals surface area contributed by atoms with Gasteiger partial charge in [-0.2, -0.15) is 0 Å². The van der Waals surface area contributed by atoms with E-state index in [9.17, 15) is 9.59 Å². The molecule has 1 amide bonds. The Morgan fingerprint density at radius 2 is 2.00 bits per heavy atom. The predicted octanol–water partition coefficient (Wildman–Crippen LogP) is 3.39. The highest BCUT2D eigenvalue weighted by Gasteiger charge is 2.34. The van der Waals surface area contributed by atoms with Crippen LogP contribution in [-0.2, 0) is 20.9 Å². The van der Waals surface area contributed by atoms with Crippen molar-refractivity contribution < 1.29 is 19.1 Å². The van der Waals surface area contributed by atoms with E-state index >= 15 is 0 Å². The third kappa shape index (κ3) is 4.58. The van der Waals surface area contributed by atoms with Crippen molar-refractivity contribution in [2.45, 2.75) is 12.6 Å². The average Bonchev–Trinajstić information content (AvgIpc) is 2.68. The minimum Gasteiger partial charge on any atom is -0.475 e. The summed E-state index contributed by atoms with van der Waals surface area (Å²) >= 11 is 12.2. The first-order valence-corrected chi connectivity index (χ1v) is 9.41. The Kier molecular flexibility index (Phi) is 6.44. The number of carbonyl (C=O) groups is 2. The van der Waals surface area contributed by atoms with Gasteiger partial charge in [-0.05, 0) is 36.9 Å². The number of hydrogen-bond acceptors (Lipinski definition) is 5. The molecule has 6 nitrogen and oxygen atoms in total. The van der Waals surface area contributed by atoms with E-state index in [-0.39, 0.29) is 19.0 Å². The lowest BCUT2D eigenvalue weighted by molar-refractivity contribution is -0.148. The summed E-state index contributed by atoms with van der Waals surface area (Å²) in [5.74, 6) is -0.202. The Morgan fingerprint density at radius 1 is 1.25 bits per heavy atom. The minimum atomic E-state index is -0.861. The van der Waals surface area contributed by atoms with E-state index in [0.29, 0.717) is 28.0 Å². The second kappa shape index (κ2) is 8.82. The number of rotatable bonds is 5. The third-order valence-electron chi connectivity index (χ3n) is 4.40. The highest BCUT2D eigenvalue weighted by molar-refractivity contribution is 6.35. The zero-order valence-electron chi connectivity index (χ0n) is 15.5. The molecule has 0 aromatic heterocycles. The number of fused-ring (bicyclic) bond motifs is 1. The fraction of sp³-hybridized carbons (Fsp3) is 0.300. The first-order valence-electron chi connectivity index (χ1n) is 8.65. The summed E-state index contributed by atoms with van der Waals surface area (Å²) in [7, 11) is 3.12. The first kappa shape index (κ1) is 20.5. The largest absolute Gasteiger partial charge is 0.475 e. The highest BCUT2D eigenvalue weighted by atomic mass is 35.5. The van der Waals surface area contributed by atoms with Crippen molar-refractivity contribution in [2.75, 3.05) is 32.1 Å². The Hall–Kier alpha value is -2.28. The fourth-order valence-corrected chi connectivity index (χ4v) is 3.51. The van der Waals surface area contributed by atoms with E-state index in [4.69, 9.17) is 32.7 Å². The van der Waals surface area contributed by atoms with Crippen molar-refractivity contribution in [3.05, 3.63) is 58.1 Å². The van der Waals surface area contributed by atoms with Gasteiger partial charge in [0.15, 0.2) is 0 Å². The Labute approximate surface area is 173 Å². The van der Waals surface area contributed by atoms with E-state index in [2.05, 4.69) is 0 Å². The lowest BCUT2D eigenvalue weighted by Gasteiger charge is -2.34. The number of hydrogen-bond donors (Lipinski definition) is 0. The number of carbonyl (C=O) groups excluding carboxylic acids is 2. The monoisotopic (exact) mass is 422 g/mol. The summed E-state index contributed by atoms with van der Waals surface area (Å²) in [6.45, 7) is 0.716. The van der Waals surface area contributed by atoms with E-state index in [0.717, 1.165) is 5.56 Å². The van der Waals surface area contributed by atoms with Crippen LogP contribution in [0.4, 0.5) is 5.69 Å². The number of benzene rings is 2. The van der Waals surface area contributed by atoms with Crippen molar-refractivity contribution in [3.8, 4) is 5.75 Å². The van der Waals surface area contributed by atoms with E-state index in [1.165, 1.54) is 7.11 Å². The standard InChI is InChI=1S/C20H20Cl2N2O4/c1-23(10-13-7-8-14(21)9-15(13)22)12-19(25)24-11-18(20(26)27-2)28-17-6-4-3-5-16(17)24/h3-9,18H,10-12H2,1-2H3. The number of esters is 1.